The maximum absolute atomic E-state index is 11.2. The molecule has 2 rings (SSSR count). The van der Waals surface area contributed by atoms with Crippen LogP contribution < -0.4 is 5.32 Å². The number of esters is 1. The van der Waals surface area contributed by atoms with Crippen LogP contribution in [0.25, 0.3) is 0 Å². The number of hydrogen-bond acceptors (Lipinski definition) is 6. The fraction of sp³-hybridized carbons (Fsp3) is 0.643. The topological polar surface area (TPSA) is 67.3 Å². The Bertz CT molecular complexity index is 429. The summed E-state index contributed by atoms with van der Waals surface area (Å²) in [5.41, 5.74) is 0.223. The second kappa shape index (κ2) is 7.19. The Labute approximate surface area is 119 Å². The van der Waals surface area contributed by atoms with Gasteiger partial charge in [-0.15, -0.1) is 10.2 Å². The van der Waals surface area contributed by atoms with Crippen molar-refractivity contribution in [2.45, 2.75) is 31.7 Å². The van der Waals surface area contributed by atoms with Gasteiger partial charge in [-0.2, -0.15) is 0 Å². The van der Waals surface area contributed by atoms with Gasteiger partial charge in [-0.3, -0.25) is 0 Å². The molecule has 0 amide bonds. The van der Waals surface area contributed by atoms with Crippen molar-refractivity contribution in [1.82, 2.24) is 15.1 Å². The van der Waals surface area contributed by atoms with Crippen LogP contribution in [-0.4, -0.2) is 54.4 Å². The molecule has 0 aromatic carbocycles. The van der Waals surface area contributed by atoms with E-state index in [2.05, 4.69) is 32.2 Å². The molecule has 20 heavy (non-hydrogen) atoms. The molecule has 1 heterocycles. The quantitative estimate of drug-likeness (QED) is 0.796. The highest BCUT2D eigenvalue weighted by Gasteiger charge is 2.18. The molecule has 0 saturated heterocycles. The summed E-state index contributed by atoms with van der Waals surface area (Å²) in [7, 11) is 3.50. The molecular formula is C14H22N4O2. The highest BCUT2D eigenvalue weighted by molar-refractivity contribution is 5.86. The van der Waals surface area contributed by atoms with Gasteiger partial charge < -0.3 is 15.0 Å². The zero-order valence-electron chi connectivity index (χ0n) is 12.1. The van der Waals surface area contributed by atoms with Gasteiger partial charge in [0.25, 0.3) is 0 Å². The van der Waals surface area contributed by atoms with Gasteiger partial charge >= 0.3 is 5.97 Å². The maximum atomic E-state index is 11.2. The first-order valence-electron chi connectivity index (χ1n) is 7.07. The minimum absolute atomic E-state index is 0.223. The van der Waals surface area contributed by atoms with E-state index < -0.39 is 5.97 Å². The largest absolute Gasteiger partial charge is 0.464 e. The summed E-state index contributed by atoms with van der Waals surface area (Å²) in [5.74, 6) is 0.211. The maximum Gasteiger partial charge on any atom is 0.358 e. The average molecular weight is 278 g/mol. The summed E-state index contributed by atoms with van der Waals surface area (Å²) >= 11 is 0. The second-order valence-corrected chi connectivity index (χ2v) is 5.14. The molecule has 1 N–H and O–H groups in total. The number of nitrogens with zero attached hydrogens (tertiary/aromatic N) is 3. The van der Waals surface area contributed by atoms with Crippen LogP contribution in [0.15, 0.2) is 12.1 Å². The van der Waals surface area contributed by atoms with E-state index in [4.69, 9.17) is 0 Å². The Balaban J connectivity index is 1.75. The van der Waals surface area contributed by atoms with Crippen LogP contribution in [0, 0.1) is 0 Å². The predicted octanol–water partition coefficient (Wildman–Crippen LogP) is 1.55. The van der Waals surface area contributed by atoms with E-state index in [1.54, 1.807) is 12.1 Å². The lowest BCUT2D eigenvalue weighted by molar-refractivity contribution is 0.0593. The zero-order valence-corrected chi connectivity index (χ0v) is 12.1. The van der Waals surface area contributed by atoms with E-state index in [-0.39, 0.29) is 5.69 Å². The van der Waals surface area contributed by atoms with E-state index in [9.17, 15) is 4.79 Å². The van der Waals surface area contributed by atoms with Crippen molar-refractivity contribution in [2.75, 3.05) is 32.6 Å². The number of ether oxygens (including phenoxy) is 1. The van der Waals surface area contributed by atoms with Gasteiger partial charge in [0.15, 0.2) is 5.69 Å². The van der Waals surface area contributed by atoms with Crippen LogP contribution >= 0.6 is 0 Å². The molecule has 1 fully saturated rings. The van der Waals surface area contributed by atoms with Gasteiger partial charge in [-0.25, -0.2) is 4.79 Å². The van der Waals surface area contributed by atoms with E-state index >= 15 is 0 Å². The van der Waals surface area contributed by atoms with Crippen LogP contribution in [0.2, 0.25) is 0 Å². The van der Waals surface area contributed by atoms with Crippen molar-refractivity contribution in [1.29, 1.82) is 0 Å². The highest BCUT2D eigenvalue weighted by Crippen LogP contribution is 2.21. The Kier molecular flexibility index (Phi) is 5.29. The number of anilines is 1. The average Bonchev–Trinajstić information content (AvgIpc) is 3.01. The molecule has 6 heteroatoms. The van der Waals surface area contributed by atoms with Crippen molar-refractivity contribution in [3.05, 3.63) is 17.8 Å². The summed E-state index contributed by atoms with van der Waals surface area (Å²) < 4.78 is 4.58. The Hall–Kier alpha value is -1.69. The SMILES string of the molecule is COC(=O)c1ccc(NCCN(C)C2CCCC2)nn1. The van der Waals surface area contributed by atoms with Crippen molar-refractivity contribution in [2.24, 2.45) is 0 Å². The predicted molar refractivity (Wildman–Crippen MR) is 76.7 cm³/mol. The molecule has 1 saturated carbocycles. The second-order valence-electron chi connectivity index (χ2n) is 5.14. The molecule has 0 unspecified atom stereocenters. The van der Waals surface area contributed by atoms with E-state index in [0.717, 1.165) is 19.1 Å². The van der Waals surface area contributed by atoms with Crippen LogP contribution in [0.1, 0.15) is 36.2 Å². The molecule has 110 valence electrons. The molecule has 0 aliphatic heterocycles. The van der Waals surface area contributed by atoms with Crippen molar-refractivity contribution in [3.63, 3.8) is 0 Å². The summed E-state index contributed by atoms with van der Waals surface area (Å²) in [5, 5.41) is 11.0. The monoisotopic (exact) mass is 278 g/mol. The normalized spacial score (nSPS) is 15.6. The van der Waals surface area contributed by atoms with Gasteiger partial charge in [0, 0.05) is 19.1 Å². The lowest BCUT2D eigenvalue weighted by Gasteiger charge is -2.23. The van der Waals surface area contributed by atoms with Crippen molar-refractivity contribution < 1.29 is 9.53 Å². The zero-order chi connectivity index (χ0) is 14.4. The molecule has 0 radical (unpaired) electrons. The number of hydrogen-bond donors (Lipinski definition) is 1. The lowest BCUT2D eigenvalue weighted by atomic mass is 10.2. The van der Waals surface area contributed by atoms with Crippen LogP contribution in [0.5, 0.6) is 0 Å². The van der Waals surface area contributed by atoms with Gasteiger partial charge in [-0.1, -0.05) is 12.8 Å². The lowest BCUT2D eigenvalue weighted by Crippen LogP contribution is -2.33. The van der Waals surface area contributed by atoms with Gasteiger partial charge in [0.05, 0.1) is 7.11 Å². The molecule has 1 aliphatic rings. The third-order valence-electron chi connectivity index (χ3n) is 3.78. The molecule has 6 nitrogen and oxygen atoms in total. The summed E-state index contributed by atoms with van der Waals surface area (Å²) in [6.07, 6.45) is 5.32. The first-order valence-corrected chi connectivity index (χ1v) is 7.07. The van der Waals surface area contributed by atoms with Crippen molar-refractivity contribution >= 4 is 11.8 Å². The minimum atomic E-state index is -0.468. The molecule has 0 bridgehead atoms. The standard InChI is InChI=1S/C14H22N4O2/c1-18(11-5-3-4-6-11)10-9-15-13-8-7-12(16-17-13)14(19)20-2/h7-8,11H,3-6,9-10H2,1-2H3,(H,15,17). The number of nitrogens with one attached hydrogen (secondary N) is 1. The van der Waals surface area contributed by atoms with Gasteiger partial charge in [0.2, 0.25) is 0 Å². The number of methoxy groups -OCH3 is 1. The Morgan fingerprint density at radius 1 is 1.40 bits per heavy atom. The van der Waals surface area contributed by atoms with Crippen LogP contribution in [-0.2, 0) is 4.74 Å². The number of carbonyl (C=O) groups excluding carboxylic acids is 1. The molecule has 0 atom stereocenters. The molecule has 1 aliphatic carbocycles. The van der Waals surface area contributed by atoms with Crippen LogP contribution in [0.4, 0.5) is 5.82 Å². The van der Waals surface area contributed by atoms with E-state index in [0.29, 0.717) is 5.82 Å². The molecule has 0 spiro atoms. The molecule has 1 aromatic rings. The van der Waals surface area contributed by atoms with Gasteiger partial charge in [0.1, 0.15) is 5.82 Å². The van der Waals surface area contributed by atoms with E-state index in [1.807, 2.05) is 0 Å². The molecular weight excluding hydrogens is 256 g/mol. The fourth-order valence-corrected chi connectivity index (χ4v) is 2.53. The number of likely N-dealkylation sites (N-methyl/N-ethyl adjacent to an activating group) is 1. The molecule has 1 aromatic heterocycles. The summed E-state index contributed by atoms with van der Waals surface area (Å²) in [6.45, 7) is 1.80. The minimum Gasteiger partial charge on any atom is -0.464 e. The van der Waals surface area contributed by atoms with Crippen molar-refractivity contribution in [3.8, 4) is 0 Å². The number of aromatic nitrogens is 2. The van der Waals surface area contributed by atoms with E-state index in [1.165, 1.54) is 32.8 Å². The number of rotatable bonds is 6. The summed E-state index contributed by atoms with van der Waals surface area (Å²) in [4.78, 5) is 13.6. The summed E-state index contributed by atoms with van der Waals surface area (Å²) in [6, 6.07) is 4.08. The third-order valence-corrected chi connectivity index (χ3v) is 3.78. The Morgan fingerprint density at radius 3 is 2.75 bits per heavy atom. The highest BCUT2D eigenvalue weighted by atomic mass is 16.5. The Morgan fingerprint density at radius 2 is 2.15 bits per heavy atom. The first-order chi connectivity index (χ1) is 9.70. The number of carbonyl (C=O) groups is 1. The fourth-order valence-electron chi connectivity index (χ4n) is 2.53. The smallest absolute Gasteiger partial charge is 0.358 e. The first kappa shape index (κ1) is 14.7. The third kappa shape index (κ3) is 3.90. The van der Waals surface area contributed by atoms with Gasteiger partial charge in [-0.05, 0) is 32.0 Å². The van der Waals surface area contributed by atoms with Crippen LogP contribution in [0.3, 0.4) is 0 Å².